The van der Waals surface area contributed by atoms with Crippen molar-refractivity contribution in [3.05, 3.63) is 58.6 Å². The summed E-state index contributed by atoms with van der Waals surface area (Å²) in [4.78, 5) is 11.3. The normalized spacial score (nSPS) is 10.1. The summed E-state index contributed by atoms with van der Waals surface area (Å²) in [5, 5.41) is 3.24. The zero-order chi connectivity index (χ0) is 15.9. The van der Waals surface area contributed by atoms with Crippen LogP contribution >= 0.6 is 11.6 Å². The van der Waals surface area contributed by atoms with Gasteiger partial charge in [-0.25, -0.2) is 4.79 Å². The molecule has 0 aliphatic heterocycles. The first kappa shape index (κ1) is 16.2. The molecule has 0 heterocycles. The Kier molecular flexibility index (Phi) is 5.67. The molecule has 0 atom stereocenters. The smallest absolute Gasteiger partial charge is 0.411 e. The van der Waals surface area contributed by atoms with Crippen molar-refractivity contribution in [3.8, 4) is 5.75 Å². The topological polar surface area (TPSA) is 47.6 Å². The highest BCUT2D eigenvalue weighted by Crippen LogP contribution is 2.27. The molecule has 0 aliphatic rings. The maximum atomic E-state index is 11.3. The molecule has 0 bridgehead atoms. The number of benzene rings is 2. The second-order valence-corrected chi connectivity index (χ2v) is 5.09. The minimum atomic E-state index is -0.516. The molecule has 0 aliphatic carbocycles. The van der Waals surface area contributed by atoms with Crippen LogP contribution in [0, 0.1) is 0 Å². The van der Waals surface area contributed by atoms with Gasteiger partial charge in [-0.3, -0.25) is 5.32 Å². The molecule has 1 N–H and O–H groups in total. The summed E-state index contributed by atoms with van der Waals surface area (Å²) in [6, 6.07) is 13.1. The van der Waals surface area contributed by atoms with E-state index in [1.165, 1.54) is 7.11 Å². The highest BCUT2D eigenvalue weighted by atomic mass is 35.5. The number of hydrogen-bond acceptors (Lipinski definition) is 3. The molecule has 0 spiro atoms. The third kappa shape index (κ3) is 4.15. The Morgan fingerprint density at radius 2 is 2.00 bits per heavy atom. The van der Waals surface area contributed by atoms with Crippen LogP contribution < -0.4 is 10.1 Å². The molecule has 2 aromatic carbocycles. The SMILES string of the molecule is CCc1ccc(OCc2ccccc2NC(=O)OC)c(Cl)c1. The first-order valence-electron chi connectivity index (χ1n) is 6.98. The van der Waals surface area contributed by atoms with Gasteiger partial charge in [-0.15, -0.1) is 0 Å². The van der Waals surface area contributed by atoms with E-state index in [1.54, 1.807) is 6.07 Å². The largest absolute Gasteiger partial charge is 0.487 e. The zero-order valence-electron chi connectivity index (χ0n) is 12.6. The molecule has 1 amide bonds. The van der Waals surface area contributed by atoms with E-state index in [1.807, 2.05) is 36.4 Å². The summed E-state index contributed by atoms with van der Waals surface area (Å²) in [6.07, 6.45) is 0.407. The summed E-state index contributed by atoms with van der Waals surface area (Å²) in [6.45, 7) is 2.37. The fraction of sp³-hybridized carbons (Fsp3) is 0.235. The fourth-order valence-corrected chi connectivity index (χ4v) is 2.22. The van der Waals surface area contributed by atoms with E-state index in [-0.39, 0.29) is 0 Å². The summed E-state index contributed by atoms with van der Waals surface area (Å²) in [5.41, 5.74) is 2.64. The van der Waals surface area contributed by atoms with Crippen LogP contribution in [-0.4, -0.2) is 13.2 Å². The molecule has 22 heavy (non-hydrogen) atoms. The molecule has 0 saturated heterocycles. The number of carbonyl (C=O) groups is 1. The number of carbonyl (C=O) groups excluding carboxylic acids is 1. The van der Waals surface area contributed by atoms with Gasteiger partial charge in [0, 0.05) is 5.56 Å². The van der Waals surface area contributed by atoms with E-state index in [0.29, 0.717) is 23.1 Å². The Morgan fingerprint density at radius 1 is 1.23 bits per heavy atom. The lowest BCUT2D eigenvalue weighted by Crippen LogP contribution is -2.13. The number of rotatable bonds is 5. The number of ether oxygens (including phenoxy) is 2. The Hall–Kier alpha value is -2.20. The highest BCUT2D eigenvalue weighted by molar-refractivity contribution is 6.32. The molecule has 0 saturated carbocycles. The third-order valence-electron chi connectivity index (χ3n) is 3.23. The minimum Gasteiger partial charge on any atom is -0.487 e. The maximum Gasteiger partial charge on any atom is 0.411 e. The quantitative estimate of drug-likeness (QED) is 0.872. The number of aryl methyl sites for hydroxylation is 1. The van der Waals surface area contributed by atoms with E-state index in [9.17, 15) is 4.79 Å². The number of hydrogen-bond donors (Lipinski definition) is 1. The predicted molar refractivity (Wildman–Crippen MR) is 87.6 cm³/mol. The molecule has 5 heteroatoms. The van der Waals surface area contributed by atoms with Crippen molar-refractivity contribution >= 4 is 23.4 Å². The maximum absolute atomic E-state index is 11.3. The molecule has 0 radical (unpaired) electrons. The van der Waals surface area contributed by atoms with Crippen LogP contribution in [0.25, 0.3) is 0 Å². The summed E-state index contributed by atoms with van der Waals surface area (Å²) < 4.78 is 10.4. The molecule has 0 unspecified atom stereocenters. The lowest BCUT2D eigenvalue weighted by Gasteiger charge is -2.13. The first-order chi connectivity index (χ1) is 10.6. The van der Waals surface area contributed by atoms with Crippen molar-refractivity contribution in [3.63, 3.8) is 0 Å². The standard InChI is InChI=1S/C17H18ClNO3/c1-3-12-8-9-16(14(18)10-12)22-11-13-6-4-5-7-15(13)19-17(20)21-2/h4-10H,3,11H2,1-2H3,(H,19,20). The molecule has 2 rings (SSSR count). The monoisotopic (exact) mass is 319 g/mol. The lowest BCUT2D eigenvalue weighted by molar-refractivity contribution is 0.187. The van der Waals surface area contributed by atoms with E-state index >= 15 is 0 Å². The van der Waals surface area contributed by atoms with Gasteiger partial charge in [0.15, 0.2) is 0 Å². The number of para-hydroxylation sites is 1. The molecule has 116 valence electrons. The molecule has 0 aromatic heterocycles. The van der Waals surface area contributed by atoms with Crippen LogP contribution in [-0.2, 0) is 17.8 Å². The van der Waals surface area contributed by atoms with Crippen LogP contribution in [0.2, 0.25) is 5.02 Å². The van der Waals surface area contributed by atoms with E-state index in [0.717, 1.165) is 17.5 Å². The second-order valence-electron chi connectivity index (χ2n) is 4.68. The predicted octanol–water partition coefficient (Wildman–Crippen LogP) is 4.66. The highest BCUT2D eigenvalue weighted by Gasteiger charge is 2.08. The third-order valence-corrected chi connectivity index (χ3v) is 3.52. The number of nitrogens with one attached hydrogen (secondary N) is 1. The van der Waals surface area contributed by atoms with Gasteiger partial charge in [0.25, 0.3) is 0 Å². The van der Waals surface area contributed by atoms with Crippen molar-refractivity contribution < 1.29 is 14.3 Å². The first-order valence-corrected chi connectivity index (χ1v) is 7.36. The number of amides is 1. The van der Waals surface area contributed by atoms with Crippen molar-refractivity contribution in [2.75, 3.05) is 12.4 Å². The van der Waals surface area contributed by atoms with E-state index in [4.69, 9.17) is 16.3 Å². The molecular weight excluding hydrogens is 302 g/mol. The van der Waals surface area contributed by atoms with Crippen LogP contribution in [0.4, 0.5) is 10.5 Å². The van der Waals surface area contributed by atoms with Crippen LogP contribution in [0.5, 0.6) is 5.75 Å². The number of methoxy groups -OCH3 is 1. The van der Waals surface area contributed by atoms with Crippen LogP contribution in [0.15, 0.2) is 42.5 Å². The van der Waals surface area contributed by atoms with Gasteiger partial charge in [0.05, 0.1) is 17.8 Å². The van der Waals surface area contributed by atoms with Gasteiger partial charge in [-0.1, -0.05) is 42.8 Å². The van der Waals surface area contributed by atoms with Crippen molar-refractivity contribution in [1.29, 1.82) is 0 Å². The second kappa shape index (κ2) is 7.71. The average molecular weight is 320 g/mol. The fourth-order valence-electron chi connectivity index (χ4n) is 1.97. The summed E-state index contributed by atoms with van der Waals surface area (Å²) >= 11 is 6.21. The molecule has 2 aromatic rings. The van der Waals surface area contributed by atoms with Crippen LogP contribution in [0.1, 0.15) is 18.1 Å². The Bertz CT molecular complexity index is 658. The van der Waals surface area contributed by atoms with Gasteiger partial charge < -0.3 is 9.47 Å². The minimum absolute atomic E-state index is 0.297. The van der Waals surface area contributed by atoms with E-state index in [2.05, 4.69) is 17.0 Å². The van der Waals surface area contributed by atoms with Crippen LogP contribution in [0.3, 0.4) is 0 Å². The van der Waals surface area contributed by atoms with Gasteiger partial charge in [0.1, 0.15) is 12.4 Å². The van der Waals surface area contributed by atoms with Crippen molar-refractivity contribution in [2.45, 2.75) is 20.0 Å². The molecule has 0 fully saturated rings. The summed E-state index contributed by atoms with van der Waals surface area (Å²) in [7, 11) is 1.32. The number of anilines is 1. The van der Waals surface area contributed by atoms with Gasteiger partial charge in [-0.2, -0.15) is 0 Å². The van der Waals surface area contributed by atoms with Gasteiger partial charge in [0.2, 0.25) is 0 Å². The average Bonchev–Trinajstić information content (AvgIpc) is 2.54. The molecule has 4 nitrogen and oxygen atoms in total. The Morgan fingerprint density at radius 3 is 2.68 bits per heavy atom. The molecular formula is C17H18ClNO3. The zero-order valence-corrected chi connectivity index (χ0v) is 13.3. The number of halogens is 1. The Balaban J connectivity index is 2.10. The van der Waals surface area contributed by atoms with Gasteiger partial charge >= 0.3 is 6.09 Å². The Labute approximate surface area is 135 Å². The lowest BCUT2D eigenvalue weighted by atomic mass is 10.1. The summed E-state index contributed by atoms with van der Waals surface area (Å²) in [5.74, 6) is 0.617. The van der Waals surface area contributed by atoms with E-state index < -0.39 is 6.09 Å². The van der Waals surface area contributed by atoms with Crippen molar-refractivity contribution in [2.24, 2.45) is 0 Å². The van der Waals surface area contributed by atoms with Gasteiger partial charge in [-0.05, 0) is 30.2 Å². The van der Waals surface area contributed by atoms with Crippen molar-refractivity contribution in [1.82, 2.24) is 0 Å².